The number of likely N-dealkylation sites (tertiary alicyclic amines) is 1. The second kappa shape index (κ2) is 7.81. The molecule has 0 spiro atoms. The Morgan fingerprint density at radius 3 is 2.79 bits per heavy atom. The molecule has 2 amide bonds. The van der Waals surface area contributed by atoms with Crippen LogP contribution in [-0.4, -0.2) is 47.9 Å². The van der Waals surface area contributed by atoms with Crippen molar-refractivity contribution in [2.24, 2.45) is 11.7 Å². The molecule has 24 heavy (non-hydrogen) atoms. The Kier molecular flexibility index (Phi) is 6.01. The first kappa shape index (κ1) is 18.5. The van der Waals surface area contributed by atoms with Gasteiger partial charge in [-0.05, 0) is 38.8 Å². The molecule has 0 bridgehead atoms. The van der Waals surface area contributed by atoms with Crippen LogP contribution in [0.4, 0.5) is 0 Å². The summed E-state index contributed by atoms with van der Waals surface area (Å²) in [7, 11) is 0. The van der Waals surface area contributed by atoms with Crippen molar-refractivity contribution in [1.29, 1.82) is 0 Å². The number of pyridine rings is 1. The minimum absolute atomic E-state index is 0.0410. The third-order valence-electron chi connectivity index (χ3n) is 4.41. The highest BCUT2D eigenvalue weighted by Crippen LogP contribution is 2.19. The highest BCUT2D eigenvalue weighted by molar-refractivity contribution is 6.32. The molecular weight excluding hydrogens is 332 g/mol. The van der Waals surface area contributed by atoms with E-state index in [2.05, 4.69) is 15.2 Å². The number of hydrogen-bond acceptors (Lipinski definition) is 4. The standard InChI is InChI=1S/C16H23ClN4O3/c1-9-12(16(24)20-10(2)13(9)17)15(23)19-5-7-21-6-3-4-11(8-21)14(18)22/h11H,3-8H2,1-2H3,(H2,18,22)(H,19,23)(H,20,24)/t11-/m1/s1. The maximum absolute atomic E-state index is 12.3. The highest BCUT2D eigenvalue weighted by atomic mass is 35.5. The van der Waals surface area contributed by atoms with Crippen molar-refractivity contribution in [3.8, 4) is 0 Å². The van der Waals surface area contributed by atoms with Crippen molar-refractivity contribution in [1.82, 2.24) is 15.2 Å². The fraction of sp³-hybridized carbons (Fsp3) is 0.562. The number of hydrogen-bond donors (Lipinski definition) is 3. The zero-order chi connectivity index (χ0) is 17.9. The van der Waals surface area contributed by atoms with Gasteiger partial charge in [0.25, 0.3) is 11.5 Å². The van der Waals surface area contributed by atoms with Crippen LogP contribution in [0.2, 0.25) is 5.02 Å². The lowest BCUT2D eigenvalue weighted by Gasteiger charge is -2.31. The average molecular weight is 355 g/mol. The molecule has 1 aliphatic rings. The van der Waals surface area contributed by atoms with Crippen LogP contribution in [0.15, 0.2) is 4.79 Å². The van der Waals surface area contributed by atoms with Crippen LogP contribution in [0.1, 0.15) is 34.5 Å². The number of aryl methyl sites for hydroxylation is 1. The van der Waals surface area contributed by atoms with Crippen LogP contribution in [0.3, 0.4) is 0 Å². The summed E-state index contributed by atoms with van der Waals surface area (Å²) in [6, 6.07) is 0. The number of carbonyl (C=O) groups is 2. The lowest BCUT2D eigenvalue weighted by Crippen LogP contribution is -2.44. The van der Waals surface area contributed by atoms with Gasteiger partial charge in [0.15, 0.2) is 0 Å². The predicted octanol–water partition coefficient (Wildman–Crippen LogP) is 0.572. The lowest BCUT2D eigenvalue weighted by atomic mass is 9.97. The monoisotopic (exact) mass is 354 g/mol. The molecule has 0 saturated carbocycles. The Hall–Kier alpha value is -1.86. The van der Waals surface area contributed by atoms with E-state index in [0.717, 1.165) is 19.4 Å². The minimum Gasteiger partial charge on any atom is -0.369 e. The lowest BCUT2D eigenvalue weighted by molar-refractivity contribution is -0.123. The van der Waals surface area contributed by atoms with Crippen molar-refractivity contribution in [2.75, 3.05) is 26.2 Å². The number of H-pyrrole nitrogens is 1. The fourth-order valence-electron chi connectivity index (χ4n) is 3.03. The van der Waals surface area contributed by atoms with Gasteiger partial charge >= 0.3 is 0 Å². The van der Waals surface area contributed by atoms with Gasteiger partial charge in [-0.25, -0.2) is 0 Å². The molecule has 2 rings (SSSR count). The Balaban J connectivity index is 1.94. The van der Waals surface area contributed by atoms with E-state index in [4.69, 9.17) is 17.3 Å². The molecule has 1 aromatic rings. The summed E-state index contributed by atoms with van der Waals surface area (Å²) in [6.45, 7) is 5.81. The molecule has 1 fully saturated rings. The zero-order valence-electron chi connectivity index (χ0n) is 13.9. The molecule has 1 aliphatic heterocycles. The maximum atomic E-state index is 12.3. The number of nitrogens with two attached hydrogens (primary N) is 1. The smallest absolute Gasteiger partial charge is 0.261 e. The number of nitrogens with zero attached hydrogens (tertiary/aromatic N) is 1. The Morgan fingerprint density at radius 1 is 1.42 bits per heavy atom. The van der Waals surface area contributed by atoms with Crippen molar-refractivity contribution in [2.45, 2.75) is 26.7 Å². The van der Waals surface area contributed by atoms with E-state index in [1.807, 2.05) is 0 Å². The van der Waals surface area contributed by atoms with Crippen molar-refractivity contribution in [3.05, 3.63) is 32.2 Å². The van der Waals surface area contributed by atoms with Gasteiger partial charge in [-0.1, -0.05) is 11.6 Å². The van der Waals surface area contributed by atoms with Crippen LogP contribution < -0.4 is 16.6 Å². The SMILES string of the molecule is Cc1[nH]c(=O)c(C(=O)NCCN2CCC[C@@H](C(N)=O)C2)c(C)c1Cl. The normalized spacial score (nSPS) is 18.4. The van der Waals surface area contributed by atoms with Gasteiger partial charge in [0.1, 0.15) is 5.56 Å². The fourth-order valence-corrected chi connectivity index (χ4v) is 3.17. The predicted molar refractivity (Wildman–Crippen MR) is 92.2 cm³/mol. The second-order valence-electron chi connectivity index (χ2n) is 6.19. The van der Waals surface area contributed by atoms with Crippen molar-refractivity contribution < 1.29 is 9.59 Å². The zero-order valence-corrected chi connectivity index (χ0v) is 14.7. The summed E-state index contributed by atoms with van der Waals surface area (Å²) in [5, 5.41) is 3.13. The third-order valence-corrected chi connectivity index (χ3v) is 4.98. The topological polar surface area (TPSA) is 108 Å². The Labute approximate surface area is 145 Å². The van der Waals surface area contributed by atoms with Crippen LogP contribution >= 0.6 is 11.6 Å². The number of nitrogens with one attached hydrogen (secondary N) is 2. The van der Waals surface area contributed by atoms with Crippen molar-refractivity contribution >= 4 is 23.4 Å². The van der Waals surface area contributed by atoms with Gasteiger partial charge in [0.2, 0.25) is 5.91 Å². The molecule has 0 aliphatic carbocycles. The van der Waals surface area contributed by atoms with E-state index in [-0.39, 0.29) is 17.4 Å². The summed E-state index contributed by atoms with van der Waals surface area (Å²) in [5.41, 5.74) is 5.97. The molecule has 0 aromatic carbocycles. The summed E-state index contributed by atoms with van der Waals surface area (Å²) in [6.07, 6.45) is 1.72. The van der Waals surface area contributed by atoms with Crippen LogP contribution in [-0.2, 0) is 4.79 Å². The highest BCUT2D eigenvalue weighted by Gasteiger charge is 2.24. The quantitative estimate of drug-likeness (QED) is 0.718. The largest absolute Gasteiger partial charge is 0.369 e. The molecule has 132 valence electrons. The molecular formula is C16H23ClN4O3. The van der Waals surface area contributed by atoms with E-state index in [1.54, 1.807) is 13.8 Å². The third kappa shape index (κ3) is 4.15. The molecule has 8 heteroatoms. The van der Waals surface area contributed by atoms with Gasteiger partial charge in [-0.15, -0.1) is 0 Å². The van der Waals surface area contributed by atoms with Gasteiger partial charge in [0, 0.05) is 25.3 Å². The number of amides is 2. The first-order chi connectivity index (χ1) is 11.3. The minimum atomic E-state index is -0.446. The molecule has 4 N–H and O–H groups in total. The number of aromatic nitrogens is 1. The average Bonchev–Trinajstić information content (AvgIpc) is 2.53. The molecule has 1 aromatic heterocycles. The van der Waals surface area contributed by atoms with Crippen LogP contribution in [0.5, 0.6) is 0 Å². The first-order valence-electron chi connectivity index (χ1n) is 8.00. The van der Waals surface area contributed by atoms with Gasteiger partial charge in [-0.2, -0.15) is 0 Å². The van der Waals surface area contributed by atoms with Gasteiger partial charge in [-0.3, -0.25) is 14.4 Å². The van der Waals surface area contributed by atoms with Gasteiger partial charge in [0.05, 0.1) is 10.9 Å². The number of halogens is 1. The van der Waals surface area contributed by atoms with E-state index < -0.39 is 11.5 Å². The Morgan fingerprint density at radius 2 is 2.12 bits per heavy atom. The molecule has 1 saturated heterocycles. The number of carbonyl (C=O) groups excluding carboxylic acids is 2. The number of rotatable bonds is 5. The first-order valence-corrected chi connectivity index (χ1v) is 8.38. The van der Waals surface area contributed by atoms with Gasteiger partial charge < -0.3 is 20.9 Å². The molecule has 0 unspecified atom stereocenters. The summed E-state index contributed by atoms with van der Waals surface area (Å²) < 4.78 is 0. The molecule has 7 nitrogen and oxygen atoms in total. The Bertz CT molecular complexity index is 701. The number of aromatic amines is 1. The summed E-state index contributed by atoms with van der Waals surface area (Å²) in [4.78, 5) is 40.2. The molecule has 0 radical (unpaired) electrons. The van der Waals surface area contributed by atoms with Crippen LogP contribution in [0, 0.1) is 19.8 Å². The van der Waals surface area contributed by atoms with E-state index in [9.17, 15) is 14.4 Å². The van der Waals surface area contributed by atoms with E-state index >= 15 is 0 Å². The van der Waals surface area contributed by atoms with Crippen molar-refractivity contribution in [3.63, 3.8) is 0 Å². The second-order valence-corrected chi connectivity index (χ2v) is 6.57. The van der Waals surface area contributed by atoms with Crippen LogP contribution in [0.25, 0.3) is 0 Å². The molecule has 2 heterocycles. The molecule has 1 atom stereocenters. The number of primary amides is 1. The number of piperidine rings is 1. The van der Waals surface area contributed by atoms with E-state index in [1.165, 1.54) is 0 Å². The maximum Gasteiger partial charge on any atom is 0.261 e. The summed E-state index contributed by atoms with van der Waals surface area (Å²) in [5.74, 6) is -0.852. The van der Waals surface area contributed by atoms with E-state index in [0.29, 0.717) is 35.9 Å². The summed E-state index contributed by atoms with van der Waals surface area (Å²) >= 11 is 6.10.